The first kappa shape index (κ1) is 10.0. The second kappa shape index (κ2) is 3.92. The maximum atomic E-state index is 11.4. The van der Waals surface area contributed by atoms with Crippen LogP contribution in [0.25, 0.3) is 0 Å². The second-order valence-corrected chi connectivity index (χ2v) is 3.92. The molecule has 1 fully saturated rings. The number of hydrogen-bond acceptors (Lipinski definition) is 3. The zero-order chi connectivity index (χ0) is 10.8. The van der Waals surface area contributed by atoms with Crippen molar-refractivity contribution < 1.29 is 14.4 Å². The molecule has 0 saturated heterocycles. The number of H-pyrrole nitrogens is 1. The van der Waals surface area contributed by atoms with Gasteiger partial charge in [-0.05, 0) is 18.8 Å². The van der Waals surface area contributed by atoms with Crippen molar-refractivity contribution in [3.63, 3.8) is 0 Å². The van der Waals surface area contributed by atoms with Gasteiger partial charge in [-0.1, -0.05) is 19.3 Å². The molecule has 15 heavy (non-hydrogen) atoms. The summed E-state index contributed by atoms with van der Waals surface area (Å²) in [5, 5.41) is 11.1. The normalized spacial score (nSPS) is 17.9. The smallest absolute Gasteiger partial charge is 0.361 e. The highest BCUT2D eigenvalue weighted by Gasteiger charge is 2.27. The van der Waals surface area contributed by atoms with Gasteiger partial charge in [-0.25, -0.2) is 14.7 Å². The van der Waals surface area contributed by atoms with Gasteiger partial charge in [0.1, 0.15) is 0 Å². The third-order valence-electron chi connectivity index (χ3n) is 2.96. The van der Waals surface area contributed by atoms with Gasteiger partial charge in [0, 0.05) is 0 Å². The van der Waals surface area contributed by atoms with E-state index in [1.54, 1.807) is 0 Å². The van der Waals surface area contributed by atoms with Gasteiger partial charge >= 0.3 is 11.6 Å². The van der Waals surface area contributed by atoms with E-state index in [2.05, 4.69) is 9.68 Å². The number of nitrogens with one attached hydrogen (secondary N) is 1. The topological polar surface area (TPSA) is 83.3 Å². The van der Waals surface area contributed by atoms with E-state index in [0.29, 0.717) is 5.56 Å². The summed E-state index contributed by atoms with van der Waals surface area (Å²) in [6.07, 6.45) is 5.02. The number of rotatable bonds is 2. The molecule has 0 amide bonds. The first-order valence-corrected chi connectivity index (χ1v) is 5.15. The predicted molar refractivity (Wildman–Crippen MR) is 52.1 cm³/mol. The SMILES string of the molecule is O=C(O)c1[nH]oc(=O)c1C1CCCCC1. The molecular formula is C10H13NO4. The van der Waals surface area contributed by atoms with Gasteiger partial charge in [0.2, 0.25) is 0 Å². The molecule has 0 spiro atoms. The Bertz CT molecular complexity index is 411. The van der Waals surface area contributed by atoms with Crippen LogP contribution >= 0.6 is 0 Å². The summed E-state index contributed by atoms with van der Waals surface area (Å²) in [5.41, 5.74) is -0.284. The summed E-state index contributed by atoms with van der Waals surface area (Å²) in [7, 11) is 0. The van der Waals surface area contributed by atoms with Gasteiger partial charge in [-0.2, -0.15) is 0 Å². The van der Waals surface area contributed by atoms with E-state index in [-0.39, 0.29) is 11.6 Å². The van der Waals surface area contributed by atoms with E-state index < -0.39 is 11.6 Å². The van der Waals surface area contributed by atoms with Crippen LogP contribution in [0, 0.1) is 0 Å². The van der Waals surface area contributed by atoms with Crippen molar-refractivity contribution in [3.05, 3.63) is 21.7 Å². The third-order valence-corrected chi connectivity index (χ3v) is 2.96. The van der Waals surface area contributed by atoms with Crippen molar-refractivity contribution in [2.24, 2.45) is 0 Å². The Labute approximate surface area is 86.1 Å². The molecule has 1 saturated carbocycles. The quantitative estimate of drug-likeness (QED) is 0.780. The standard InChI is InChI=1S/C10H13NO4/c12-9(13)8-7(10(14)15-11-8)6-4-2-1-3-5-6/h6,11H,1-5H2,(H,12,13). The molecule has 2 N–H and O–H groups in total. The molecule has 5 heteroatoms. The largest absolute Gasteiger partial charge is 0.476 e. The highest BCUT2D eigenvalue weighted by atomic mass is 16.5. The highest BCUT2D eigenvalue weighted by Crippen LogP contribution is 2.32. The fourth-order valence-electron chi connectivity index (χ4n) is 2.23. The molecule has 1 aliphatic rings. The molecule has 1 aromatic rings. The number of aromatic amines is 1. The predicted octanol–water partition coefficient (Wildman–Crippen LogP) is 1.71. The molecule has 0 radical (unpaired) electrons. The van der Waals surface area contributed by atoms with E-state index in [0.717, 1.165) is 32.1 Å². The van der Waals surface area contributed by atoms with Crippen molar-refractivity contribution in [2.75, 3.05) is 0 Å². The van der Waals surface area contributed by atoms with Crippen molar-refractivity contribution in [3.8, 4) is 0 Å². The average Bonchev–Trinajstić information content (AvgIpc) is 2.61. The monoisotopic (exact) mass is 211 g/mol. The number of carboxylic acids is 1. The molecule has 2 rings (SSSR count). The maximum absolute atomic E-state index is 11.4. The molecule has 1 aromatic heterocycles. The zero-order valence-electron chi connectivity index (χ0n) is 8.28. The Hall–Kier alpha value is -1.52. The molecule has 1 aliphatic carbocycles. The van der Waals surface area contributed by atoms with Crippen LogP contribution in [-0.4, -0.2) is 16.2 Å². The van der Waals surface area contributed by atoms with Crippen molar-refractivity contribution in [2.45, 2.75) is 38.0 Å². The lowest BCUT2D eigenvalue weighted by Gasteiger charge is -2.19. The van der Waals surface area contributed by atoms with E-state index >= 15 is 0 Å². The van der Waals surface area contributed by atoms with Crippen LogP contribution in [0.1, 0.15) is 54.1 Å². The lowest BCUT2D eigenvalue weighted by atomic mass is 9.84. The molecule has 1 heterocycles. The van der Waals surface area contributed by atoms with Crippen molar-refractivity contribution >= 4 is 5.97 Å². The summed E-state index contributed by atoms with van der Waals surface area (Å²) in [6, 6.07) is 0. The van der Waals surface area contributed by atoms with Gasteiger partial charge in [0.25, 0.3) is 0 Å². The number of aromatic nitrogens is 1. The van der Waals surface area contributed by atoms with Crippen LogP contribution in [0.3, 0.4) is 0 Å². The second-order valence-electron chi connectivity index (χ2n) is 3.92. The molecule has 0 atom stereocenters. The van der Waals surface area contributed by atoms with Gasteiger partial charge < -0.3 is 9.63 Å². The van der Waals surface area contributed by atoms with E-state index in [4.69, 9.17) is 5.11 Å². The summed E-state index contributed by atoms with van der Waals surface area (Å²) in [6.45, 7) is 0. The maximum Gasteiger partial charge on any atom is 0.361 e. The molecule has 0 aromatic carbocycles. The van der Waals surface area contributed by atoms with Gasteiger partial charge in [-0.3, -0.25) is 0 Å². The summed E-state index contributed by atoms with van der Waals surface area (Å²) in [4.78, 5) is 22.2. The lowest BCUT2D eigenvalue weighted by Crippen LogP contribution is -2.15. The Balaban J connectivity index is 2.36. The molecule has 0 unspecified atom stereocenters. The minimum Gasteiger partial charge on any atom is -0.476 e. The number of hydrogen-bond donors (Lipinski definition) is 2. The van der Waals surface area contributed by atoms with Crippen LogP contribution in [0.5, 0.6) is 0 Å². The van der Waals surface area contributed by atoms with Crippen LogP contribution in [0.2, 0.25) is 0 Å². The summed E-state index contributed by atoms with van der Waals surface area (Å²) >= 11 is 0. The molecule has 82 valence electrons. The van der Waals surface area contributed by atoms with Crippen LogP contribution in [-0.2, 0) is 0 Å². The Morgan fingerprint density at radius 2 is 2.00 bits per heavy atom. The minimum atomic E-state index is -1.12. The Kier molecular flexibility index (Phi) is 2.62. The first-order chi connectivity index (χ1) is 7.20. The van der Waals surface area contributed by atoms with Crippen LogP contribution in [0.4, 0.5) is 0 Å². The molecular weight excluding hydrogens is 198 g/mol. The zero-order valence-corrected chi connectivity index (χ0v) is 8.28. The minimum absolute atomic E-state index is 0.0485. The van der Waals surface area contributed by atoms with Gasteiger partial charge in [-0.15, -0.1) is 0 Å². The average molecular weight is 211 g/mol. The fraction of sp³-hybridized carbons (Fsp3) is 0.600. The number of carboxylic acid groups (broad SMARTS) is 1. The first-order valence-electron chi connectivity index (χ1n) is 5.15. The third kappa shape index (κ3) is 1.82. The van der Waals surface area contributed by atoms with E-state index in [1.807, 2.05) is 0 Å². The molecule has 0 aliphatic heterocycles. The highest BCUT2D eigenvalue weighted by molar-refractivity contribution is 5.86. The molecule has 5 nitrogen and oxygen atoms in total. The van der Waals surface area contributed by atoms with E-state index in [1.165, 1.54) is 0 Å². The summed E-state index contributed by atoms with van der Waals surface area (Å²) in [5.74, 6) is -1.08. The Morgan fingerprint density at radius 1 is 1.33 bits per heavy atom. The van der Waals surface area contributed by atoms with Gasteiger partial charge in [0.05, 0.1) is 5.56 Å². The van der Waals surface area contributed by atoms with Gasteiger partial charge in [0.15, 0.2) is 5.69 Å². The van der Waals surface area contributed by atoms with Crippen LogP contribution in [0.15, 0.2) is 9.32 Å². The number of carbonyl (C=O) groups is 1. The van der Waals surface area contributed by atoms with Crippen molar-refractivity contribution in [1.82, 2.24) is 5.16 Å². The molecule has 0 bridgehead atoms. The van der Waals surface area contributed by atoms with Crippen molar-refractivity contribution in [1.29, 1.82) is 0 Å². The van der Waals surface area contributed by atoms with Crippen LogP contribution < -0.4 is 5.63 Å². The fourth-order valence-corrected chi connectivity index (χ4v) is 2.23. The Morgan fingerprint density at radius 3 is 2.60 bits per heavy atom. The number of aromatic carboxylic acids is 1. The van der Waals surface area contributed by atoms with E-state index in [9.17, 15) is 9.59 Å². The summed E-state index contributed by atoms with van der Waals surface area (Å²) < 4.78 is 4.55. The lowest BCUT2D eigenvalue weighted by molar-refractivity contribution is 0.0684.